The predicted octanol–water partition coefficient (Wildman–Crippen LogP) is 4.08. The zero-order chi connectivity index (χ0) is 18.1. The number of carbonyl (C=O) groups excluding carboxylic acids is 1. The van der Waals surface area contributed by atoms with Crippen LogP contribution in [-0.4, -0.2) is 23.7 Å². The van der Waals surface area contributed by atoms with E-state index in [4.69, 9.17) is 0 Å². The van der Waals surface area contributed by atoms with Gasteiger partial charge in [0.05, 0.1) is 11.4 Å². The van der Waals surface area contributed by atoms with Gasteiger partial charge in [0.15, 0.2) is 0 Å². The highest BCUT2D eigenvalue weighted by atomic mass is 32.1. The van der Waals surface area contributed by atoms with E-state index in [1.165, 1.54) is 35.6 Å². The molecule has 2 N–H and O–H groups in total. The van der Waals surface area contributed by atoms with Crippen LogP contribution in [0.15, 0.2) is 60.7 Å². The van der Waals surface area contributed by atoms with Crippen molar-refractivity contribution in [2.45, 2.75) is 11.8 Å². The summed E-state index contributed by atoms with van der Waals surface area (Å²) >= 11 is 1.18. The Labute approximate surface area is 145 Å². The predicted molar refractivity (Wildman–Crippen MR) is 90.6 cm³/mol. The van der Waals surface area contributed by atoms with Crippen LogP contribution in [-0.2, 0) is 5.60 Å². The fourth-order valence-corrected chi connectivity index (χ4v) is 3.45. The van der Waals surface area contributed by atoms with E-state index in [1.807, 2.05) is 24.3 Å². The first-order valence-corrected chi connectivity index (χ1v) is 8.24. The summed E-state index contributed by atoms with van der Waals surface area (Å²) in [5.74, 6) is -0.653. The third-order valence-electron chi connectivity index (χ3n) is 3.87. The topological polar surface area (TPSA) is 49.3 Å². The molecule has 3 aromatic rings. The van der Waals surface area contributed by atoms with Crippen LogP contribution in [0.3, 0.4) is 0 Å². The van der Waals surface area contributed by atoms with Crippen LogP contribution >= 0.6 is 11.3 Å². The molecule has 2 aromatic carbocycles. The quantitative estimate of drug-likeness (QED) is 0.732. The highest BCUT2D eigenvalue weighted by molar-refractivity contribution is 7.20. The zero-order valence-electron chi connectivity index (χ0n) is 12.9. The SMILES string of the molecule is O=C(NCC(O)(c1ccccc1)C(F)(F)F)c1cc2ccccc2s1. The molecule has 0 spiro atoms. The molecular weight excluding hydrogens is 351 g/mol. The second kappa shape index (κ2) is 6.50. The molecule has 3 nitrogen and oxygen atoms in total. The van der Waals surface area contributed by atoms with Crippen LogP contribution in [0.2, 0.25) is 0 Å². The van der Waals surface area contributed by atoms with Gasteiger partial charge in [-0.3, -0.25) is 4.79 Å². The largest absolute Gasteiger partial charge is 0.423 e. The van der Waals surface area contributed by atoms with E-state index in [2.05, 4.69) is 5.32 Å². The maximum Gasteiger partial charge on any atom is 0.423 e. The molecule has 7 heteroatoms. The Balaban J connectivity index is 1.82. The summed E-state index contributed by atoms with van der Waals surface area (Å²) in [6, 6.07) is 15.6. The van der Waals surface area contributed by atoms with E-state index < -0.39 is 24.2 Å². The molecule has 25 heavy (non-hydrogen) atoms. The lowest BCUT2D eigenvalue weighted by atomic mass is 9.93. The van der Waals surface area contributed by atoms with Crippen molar-refractivity contribution in [1.29, 1.82) is 0 Å². The van der Waals surface area contributed by atoms with E-state index >= 15 is 0 Å². The molecule has 1 heterocycles. The fraction of sp³-hybridized carbons (Fsp3) is 0.167. The lowest BCUT2D eigenvalue weighted by molar-refractivity contribution is -0.263. The molecular formula is C18H14F3NO2S. The molecule has 3 rings (SSSR count). The van der Waals surface area contributed by atoms with Crippen molar-refractivity contribution in [2.75, 3.05) is 6.54 Å². The summed E-state index contributed by atoms with van der Waals surface area (Å²) in [6.07, 6.45) is -4.93. The number of aliphatic hydroxyl groups is 1. The van der Waals surface area contributed by atoms with Crippen LogP contribution in [0.25, 0.3) is 10.1 Å². The first-order valence-electron chi connectivity index (χ1n) is 7.43. The average molecular weight is 365 g/mol. The molecule has 1 amide bonds. The number of fused-ring (bicyclic) bond motifs is 1. The van der Waals surface area contributed by atoms with E-state index in [-0.39, 0.29) is 5.56 Å². The number of halogens is 3. The standard InChI is InChI=1S/C18H14F3NO2S/c19-18(20,21)17(24,13-7-2-1-3-8-13)11-22-16(23)15-10-12-6-4-5-9-14(12)25-15/h1-10,24H,11H2,(H,22,23). The van der Waals surface area contributed by atoms with Crippen LogP contribution in [0.5, 0.6) is 0 Å². The van der Waals surface area contributed by atoms with Crippen molar-refractivity contribution in [3.8, 4) is 0 Å². The first-order chi connectivity index (χ1) is 11.8. The van der Waals surface area contributed by atoms with Crippen molar-refractivity contribution in [2.24, 2.45) is 0 Å². The lowest BCUT2D eigenvalue weighted by Crippen LogP contribution is -2.51. The number of hydrogen-bond donors (Lipinski definition) is 2. The van der Waals surface area contributed by atoms with Crippen molar-refractivity contribution in [3.05, 3.63) is 71.1 Å². The number of hydrogen-bond acceptors (Lipinski definition) is 3. The summed E-state index contributed by atoms with van der Waals surface area (Å²) < 4.78 is 41.1. The molecule has 1 atom stereocenters. The Bertz CT molecular complexity index is 859. The minimum atomic E-state index is -4.93. The van der Waals surface area contributed by atoms with Crippen LogP contribution in [0, 0.1) is 0 Å². The van der Waals surface area contributed by atoms with Gasteiger partial charge < -0.3 is 10.4 Å². The van der Waals surface area contributed by atoms with Gasteiger partial charge in [-0.1, -0.05) is 48.5 Å². The van der Waals surface area contributed by atoms with Gasteiger partial charge in [-0.2, -0.15) is 13.2 Å². The van der Waals surface area contributed by atoms with Crippen molar-refractivity contribution in [1.82, 2.24) is 5.32 Å². The molecule has 0 radical (unpaired) electrons. The van der Waals surface area contributed by atoms with Crippen LogP contribution < -0.4 is 5.32 Å². The number of carbonyl (C=O) groups is 1. The average Bonchev–Trinajstić information content (AvgIpc) is 3.03. The fourth-order valence-electron chi connectivity index (χ4n) is 2.47. The van der Waals surface area contributed by atoms with Gasteiger partial charge in [-0.15, -0.1) is 11.3 Å². The normalized spacial score (nSPS) is 14.2. The van der Waals surface area contributed by atoms with Crippen molar-refractivity contribution < 1.29 is 23.1 Å². The number of benzene rings is 2. The molecule has 1 unspecified atom stereocenters. The molecule has 0 saturated heterocycles. The summed E-state index contributed by atoms with van der Waals surface area (Å²) in [5.41, 5.74) is -3.47. The molecule has 0 aliphatic carbocycles. The lowest BCUT2D eigenvalue weighted by Gasteiger charge is -2.31. The summed E-state index contributed by atoms with van der Waals surface area (Å²) in [5, 5.41) is 13.3. The first kappa shape index (κ1) is 17.4. The number of nitrogens with one attached hydrogen (secondary N) is 1. The summed E-state index contributed by atoms with van der Waals surface area (Å²) in [7, 11) is 0. The molecule has 0 fully saturated rings. The monoisotopic (exact) mass is 365 g/mol. The second-order valence-corrected chi connectivity index (χ2v) is 6.64. The van der Waals surface area contributed by atoms with Crippen molar-refractivity contribution >= 4 is 27.3 Å². The van der Waals surface area contributed by atoms with Crippen LogP contribution in [0.1, 0.15) is 15.2 Å². The molecule has 0 bridgehead atoms. The Kier molecular flexibility index (Phi) is 4.53. The molecule has 130 valence electrons. The van der Waals surface area contributed by atoms with Gasteiger partial charge in [0, 0.05) is 4.70 Å². The Morgan fingerprint density at radius 1 is 1.04 bits per heavy atom. The number of thiophene rings is 1. The van der Waals surface area contributed by atoms with Gasteiger partial charge in [0.1, 0.15) is 0 Å². The van der Waals surface area contributed by atoms with Gasteiger partial charge >= 0.3 is 6.18 Å². The Hall–Kier alpha value is -2.38. The molecule has 0 saturated carbocycles. The molecule has 0 aliphatic heterocycles. The van der Waals surface area contributed by atoms with E-state index in [1.54, 1.807) is 12.1 Å². The van der Waals surface area contributed by atoms with E-state index in [0.717, 1.165) is 10.1 Å². The molecule has 1 aromatic heterocycles. The maximum absolute atomic E-state index is 13.4. The zero-order valence-corrected chi connectivity index (χ0v) is 13.7. The minimum Gasteiger partial charge on any atom is -0.375 e. The highest BCUT2D eigenvalue weighted by Crippen LogP contribution is 2.38. The second-order valence-electron chi connectivity index (χ2n) is 5.56. The third-order valence-corrected chi connectivity index (χ3v) is 4.99. The van der Waals surface area contributed by atoms with Gasteiger partial charge in [-0.25, -0.2) is 0 Å². The maximum atomic E-state index is 13.4. The van der Waals surface area contributed by atoms with Gasteiger partial charge in [0.25, 0.3) is 5.91 Å². The highest BCUT2D eigenvalue weighted by Gasteiger charge is 2.55. The van der Waals surface area contributed by atoms with Crippen molar-refractivity contribution in [3.63, 3.8) is 0 Å². The number of rotatable bonds is 4. The number of alkyl halides is 3. The Morgan fingerprint density at radius 3 is 2.32 bits per heavy atom. The summed E-state index contributed by atoms with van der Waals surface area (Å²) in [4.78, 5) is 12.5. The molecule has 0 aliphatic rings. The minimum absolute atomic E-state index is 0.291. The van der Waals surface area contributed by atoms with E-state index in [0.29, 0.717) is 4.88 Å². The van der Waals surface area contributed by atoms with Gasteiger partial charge in [-0.05, 0) is 23.1 Å². The third kappa shape index (κ3) is 3.38. The van der Waals surface area contributed by atoms with Crippen LogP contribution in [0.4, 0.5) is 13.2 Å². The number of amides is 1. The van der Waals surface area contributed by atoms with Gasteiger partial charge in [0.2, 0.25) is 5.60 Å². The Morgan fingerprint density at radius 2 is 1.68 bits per heavy atom. The summed E-state index contributed by atoms with van der Waals surface area (Å²) in [6.45, 7) is -0.965. The smallest absolute Gasteiger partial charge is 0.375 e. The van der Waals surface area contributed by atoms with E-state index in [9.17, 15) is 23.1 Å².